The number of methoxy groups -OCH3 is 1. The number of benzene rings is 1. The highest BCUT2D eigenvalue weighted by Gasteiger charge is 2.34. The number of fused-ring (bicyclic) bond motifs is 1. The topological polar surface area (TPSA) is 116 Å². The number of aliphatic imine (C=N–C) groups is 1. The number of amidine groups is 1. The highest BCUT2D eigenvalue weighted by Crippen LogP contribution is 2.30. The van der Waals surface area contributed by atoms with Gasteiger partial charge in [-0.05, 0) is 32.0 Å². The van der Waals surface area contributed by atoms with Gasteiger partial charge in [0.05, 0.1) is 19.0 Å². The molecule has 0 radical (unpaired) electrons. The quantitative estimate of drug-likeness (QED) is 0.505. The number of nitrogens with zero attached hydrogens (tertiary/aromatic N) is 3. The van der Waals surface area contributed by atoms with Crippen LogP contribution in [0.4, 0.5) is 11.5 Å². The van der Waals surface area contributed by atoms with Crippen molar-refractivity contribution >= 4 is 27.4 Å². The number of nitrogens with one attached hydrogen (secondary N) is 4. The molecular formula is C20H26N7O3S+. The predicted molar refractivity (Wildman–Crippen MR) is 118 cm³/mol. The van der Waals surface area contributed by atoms with Crippen molar-refractivity contribution < 1.29 is 18.1 Å². The second-order valence-electron chi connectivity index (χ2n) is 7.33. The van der Waals surface area contributed by atoms with E-state index in [1.54, 1.807) is 19.1 Å². The number of aromatic nitrogens is 2. The van der Waals surface area contributed by atoms with Gasteiger partial charge in [0.25, 0.3) is 0 Å². The van der Waals surface area contributed by atoms with E-state index in [0.717, 1.165) is 27.9 Å². The lowest BCUT2D eigenvalue weighted by Gasteiger charge is -2.29. The molecule has 0 saturated heterocycles. The molecule has 1 unspecified atom stereocenters. The summed E-state index contributed by atoms with van der Waals surface area (Å²) in [6.45, 7) is 6.43. The van der Waals surface area contributed by atoms with E-state index >= 15 is 0 Å². The van der Waals surface area contributed by atoms with E-state index < -0.39 is 10.0 Å². The summed E-state index contributed by atoms with van der Waals surface area (Å²) in [6, 6.07) is 7.02. The van der Waals surface area contributed by atoms with E-state index in [9.17, 15) is 8.42 Å². The molecular weight excluding hydrogens is 418 g/mol. The van der Waals surface area contributed by atoms with Crippen molar-refractivity contribution in [3.8, 4) is 5.75 Å². The lowest BCUT2D eigenvalue weighted by molar-refractivity contribution is -0.698. The molecule has 0 aliphatic carbocycles. The summed E-state index contributed by atoms with van der Waals surface area (Å²) < 4.78 is 33.2. The molecule has 11 heteroatoms. The van der Waals surface area contributed by atoms with Gasteiger partial charge in [-0.15, -0.1) is 0 Å². The van der Waals surface area contributed by atoms with Crippen molar-refractivity contribution in [2.45, 2.75) is 25.7 Å². The van der Waals surface area contributed by atoms with E-state index in [2.05, 4.69) is 25.2 Å². The number of rotatable bonds is 7. The standard InChI is InChI=1S/C20H25N7O3S/c1-5-21-31(28,29)17-9-15(6-7-16(17)30-4)26-11-19-22-14(3)10-27(19)20(12-26)23-18-8-13(2)24-25-18/h6-10,12,21H,5,11H2,1-4H3,(H2,23,24,25)/p+1. The molecule has 0 fully saturated rings. The molecule has 1 aromatic heterocycles. The number of sulfonamides is 1. The fourth-order valence-corrected chi connectivity index (χ4v) is 4.82. The first-order chi connectivity index (χ1) is 14.8. The Labute approximate surface area is 181 Å². The number of aromatic amines is 1. The molecule has 2 aromatic rings. The number of hydrogen-bond acceptors (Lipinski definition) is 7. The third-order valence-corrected chi connectivity index (χ3v) is 6.51. The lowest BCUT2D eigenvalue weighted by atomic mass is 10.2. The highest BCUT2D eigenvalue weighted by atomic mass is 32.2. The molecule has 10 nitrogen and oxygen atoms in total. The number of aryl methyl sites for hydroxylation is 1. The van der Waals surface area contributed by atoms with Crippen LogP contribution in [0.2, 0.25) is 0 Å². The smallest absolute Gasteiger partial charge is 0.244 e. The van der Waals surface area contributed by atoms with Gasteiger partial charge in [0.1, 0.15) is 23.4 Å². The average molecular weight is 445 g/mol. The number of hydrogen-bond donors (Lipinski definition) is 4. The van der Waals surface area contributed by atoms with Crippen LogP contribution in [-0.2, 0) is 10.0 Å². The van der Waals surface area contributed by atoms with Gasteiger partial charge < -0.3 is 9.64 Å². The molecule has 2 aliphatic heterocycles. The lowest BCUT2D eigenvalue weighted by Crippen LogP contribution is -3.10. The zero-order valence-electron chi connectivity index (χ0n) is 17.9. The minimum absolute atomic E-state index is 0.0950. The van der Waals surface area contributed by atoms with Crippen molar-refractivity contribution in [1.82, 2.24) is 14.9 Å². The Morgan fingerprint density at radius 3 is 2.77 bits per heavy atom. The van der Waals surface area contributed by atoms with E-state index in [0.29, 0.717) is 23.8 Å². The molecule has 0 spiro atoms. The van der Waals surface area contributed by atoms with Crippen LogP contribution in [0.1, 0.15) is 19.5 Å². The van der Waals surface area contributed by atoms with Crippen LogP contribution in [0.15, 0.2) is 58.1 Å². The molecule has 4 rings (SSSR count). The molecule has 0 amide bonds. The third-order valence-electron chi connectivity index (χ3n) is 4.94. The second-order valence-corrected chi connectivity index (χ2v) is 9.06. The summed E-state index contributed by atoms with van der Waals surface area (Å²) >= 11 is 0. The van der Waals surface area contributed by atoms with E-state index in [-0.39, 0.29) is 11.4 Å². The largest absolute Gasteiger partial charge is 0.495 e. The molecule has 2 aliphatic rings. The van der Waals surface area contributed by atoms with Crippen molar-refractivity contribution in [2.75, 3.05) is 30.4 Å². The summed E-state index contributed by atoms with van der Waals surface area (Å²) in [7, 11) is -2.24. The van der Waals surface area contributed by atoms with Gasteiger partial charge in [-0.2, -0.15) is 10.1 Å². The maximum atomic E-state index is 12.7. The summed E-state index contributed by atoms with van der Waals surface area (Å²) in [6.07, 6.45) is 3.97. The van der Waals surface area contributed by atoms with Crippen LogP contribution >= 0.6 is 0 Å². The average Bonchev–Trinajstić information content (AvgIpc) is 3.31. The molecule has 31 heavy (non-hydrogen) atoms. The Morgan fingerprint density at radius 2 is 2.10 bits per heavy atom. The minimum atomic E-state index is -3.70. The molecule has 4 N–H and O–H groups in total. The molecule has 1 atom stereocenters. The summed E-state index contributed by atoms with van der Waals surface area (Å²) in [5.41, 5.74) is 2.57. The first-order valence-electron chi connectivity index (χ1n) is 9.89. The fourth-order valence-electron chi connectivity index (χ4n) is 3.59. The maximum absolute atomic E-state index is 12.7. The zero-order chi connectivity index (χ0) is 22.2. The Hall–Kier alpha value is -3.15. The molecule has 164 valence electrons. The van der Waals surface area contributed by atoms with Gasteiger partial charge in [0.15, 0.2) is 5.82 Å². The Kier molecular flexibility index (Phi) is 5.56. The summed E-state index contributed by atoms with van der Waals surface area (Å²) in [5, 5.41) is 10.5. The predicted octanol–water partition coefficient (Wildman–Crippen LogP) is 0.914. The van der Waals surface area contributed by atoms with Gasteiger partial charge in [0, 0.05) is 24.0 Å². The minimum Gasteiger partial charge on any atom is -0.495 e. The first kappa shape index (κ1) is 21.1. The third kappa shape index (κ3) is 4.20. The zero-order valence-corrected chi connectivity index (χ0v) is 18.7. The number of H-pyrrole nitrogens is 1. The first-order valence-corrected chi connectivity index (χ1v) is 11.4. The van der Waals surface area contributed by atoms with Crippen LogP contribution < -0.4 is 24.6 Å². The van der Waals surface area contributed by atoms with Gasteiger partial charge >= 0.3 is 0 Å². The number of allylic oxidation sites excluding steroid dienone is 1. The highest BCUT2D eigenvalue weighted by molar-refractivity contribution is 7.89. The van der Waals surface area contributed by atoms with Crippen LogP contribution in [0.5, 0.6) is 5.75 Å². The molecule has 1 aromatic carbocycles. The Bertz CT molecular complexity index is 1200. The van der Waals surface area contributed by atoms with Crippen LogP contribution in [0.25, 0.3) is 0 Å². The number of anilines is 2. The van der Waals surface area contributed by atoms with Crippen LogP contribution in [-0.4, -0.2) is 44.7 Å². The van der Waals surface area contributed by atoms with Crippen molar-refractivity contribution in [2.24, 2.45) is 4.99 Å². The van der Waals surface area contributed by atoms with E-state index in [1.807, 2.05) is 43.3 Å². The van der Waals surface area contributed by atoms with Gasteiger partial charge in [-0.1, -0.05) is 6.92 Å². The van der Waals surface area contributed by atoms with Crippen LogP contribution in [0, 0.1) is 6.92 Å². The van der Waals surface area contributed by atoms with Crippen molar-refractivity contribution in [1.29, 1.82) is 0 Å². The monoisotopic (exact) mass is 444 g/mol. The summed E-state index contributed by atoms with van der Waals surface area (Å²) in [5.74, 6) is 2.72. The second kappa shape index (κ2) is 8.17. The van der Waals surface area contributed by atoms with Crippen molar-refractivity contribution in [3.63, 3.8) is 0 Å². The SMILES string of the molecule is CCNS(=O)(=O)c1cc(N2C=C(Nc3cc(C)[nH]n3)[NH+]3C=C(C)N=C3C2)ccc1OC. The summed E-state index contributed by atoms with van der Waals surface area (Å²) in [4.78, 5) is 7.71. The molecule has 0 bridgehead atoms. The number of quaternary nitrogens is 1. The molecule has 3 heterocycles. The number of ether oxygens (including phenoxy) is 1. The van der Waals surface area contributed by atoms with E-state index in [1.165, 1.54) is 7.11 Å². The van der Waals surface area contributed by atoms with E-state index in [4.69, 9.17) is 4.74 Å². The maximum Gasteiger partial charge on any atom is 0.244 e. The normalized spacial score (nSPS) is 18.3. The Balaban J connectivity index is 1.74. The van der Waals surface area contributed by atoms with Crippen LogP contribution in [0.3, 0.4) is 0 Å². The molecule has 0 saturated carbocycles. The van der Waals surface area contributed by atoms with Crippen molar-refractivity contribution in [3.05, 3.63) is 53.9 Å². The van der Waals surface area contributed by atoms with Gasteiger partial charge in [0.2, 0.25) is 21.7 Å². The fraction of sp³-hybridized carbons (Fsp3) is 0.300. The van der Waals surface area contributed by atoms with Gasteiger partial charge in [-0.25, -0.2) is 18.0 Å². The Morgan fingerprint density at radius 1 is 1.29 bits per heavy atom. The van der Waals surface area contributed by atoms with Gasteiger partial charge in [-0.3, -0.25) is 10.4 Å².